The van der Waals surface area contributed by atoms with E-state index in [1.54, 1.807) is 18.2 Å². The van der Waals surface area contributed by atoms with Gasteiger partial charge in [0.15, 0.2) is 5.13 Å². The van der Waals surface area contributed by atoms with Crippen LogP contribution < -0.4 is 24.4 Å². The highest BCUT2D eigenvalue weighted by Crippen LogP contribution is 2.49. The van der Waals surface area contributed by atoms with Gasteiger partial charge in [-0.15, -0.1) is 0 Å². The maximum absolute atomic E-state index is 15.5. The van der Waals surface area contributed by atoms with Gasteiger partial charge in [0.1, 0.15) is 28.3 Å². The largest absolute Gasteiger partial charge is 0.497 e. The second kappa shape index (κ2) is 13.5. The van der Waals surface area contributed by atoms with E-state index in [1.165, 1.54) is 21.3 Å². The molecule has 234 valence electrons. The number of aromatic nitrogens is 1. The molecule has 1 aliphatic carbocycles. The van der Waals surface area contributed by atoms with E-state index in [4.69, 9.17) is 25.8 Å². The molecule has 1 atom stereocenters. The van der Waals surface area contributed by atoms with Crippen LogP contribution in [0.3, 0.4) is 0 Å². The Morgan fingerprint density at radius 2 is 1.98 bits per heavy atom. The summed E-state index contributed by atoms with van der Waals surface area (Å²) in [5, 5.41) is 13.9. The fraction of sp³-hybridized carbons (Fsp3) is 0.407. The maximum atomic E-state index is 15.5. The van der Waals surface area contributed by atoms with Gasteiger partial charge in [0, 0.05) is 25.3 Å². The van der Waals surface area contributed by atoms with Crippen molar-refractivity contribution >= 4 is 49.9 Å². The van der Waals surface area contributed by atoms with Crippen LogP contribution in [0.5, 0.6) is 11.5 Å². The third-order valence-corrected chi connectivity index (χ3v) is 10.0. The highest BCUT2D eigenvalue weighted by molar-refractivity contribution is 7.93. The van der Waals surface area contributed by atoms with Crippen molar-refractivity contribution in [1.82, 2.24) is 10.3 Å². The molecule has 0 bridgehead atoms. The number of aliphatic hydroxyl groups excluding tert-OH is 1. The van der Waals surface area contributed by atoms with Crippen LogP contribution in [-0.4, -0.2) is 65.1 Å². The molecule has 3 N–H and O–H groups in total. The molecule has 1 aliphatic rings. The quantitative estimate of drug-likeness (QED) is 0.223. The number of thiazole rings is 1. The van der Waals surface area contributed by atoms with Crippen LogP contribution in [0.4, 0.5) is 24.4 Å². The molecule has 1 fully saturated rings. The first-order chi connectivity index (χ1) is 20.4. The van der Waals surface area contributed by atoms with Crippen LogP contribution in [0.1, 0.15) is 24.8 Å². The summed E-state index contributed by atoms with van der Waals surface area (Å²) in [5.41, 5.74) is 0.0884. The van der Waals surface area contributed by atoms with Gasteiger partial charge in [0.2, 0.25) is 5.13 Å². The predicted molar refractivity (Wildman–Crippen MR) is 158 cm³/mol. The van der Waals surface area contributed by atoms with E-state index in [-0.39, 0.29) is 46.7 Å². The second-order valence-corrected chi connectivity index (χ2v) is 13.1. The Labute approximate surface area is 256 Å². The van der Waals surface area contributed by atoms with Crippen LogP contribution >= 0.6 is 22.9 Å². The summed E-state index contributed by atoms with van der Waals surface area (Å²) < 4.78 is 74.0. The number of carbonyl (C=O) groups excluding carboxylic acids is 1. The molecule has 1 aromatic heterocycles. The molecule has 0 radical (unpaired) electrons. The lowest BCUT2D eigenvalue weighted by molar-refractivity contribution is 0.0749. The molecule has 4 rings (SSSR count). The maximum Gasteiger partial charge on any atom is 0.407 e. The standard InChI is InChI=1S/C27H31ClF2N4O7S2/c1-31-26(36)41-18(11-27(15-35)6-7-27)12-32-21-10-20(29)23(9-19(21)28)43(37,38)34(25-33-13-24(30)42-25)14-16-4-5-17(39-2)8-22(16)40-3/h4-5,8-10,13,18,32,35H,6-7,11-12,14-15H2,1-3H3,(H,31,36)/t18-/m0/s1. The van der Waals surface area contributed by atoms with Crippen LogP contribution in [0.2, 0.25) is 5.02 Å². The number of methoxy groups -OCH3 is 2. The summed E-state index contributed by atoms with van der Waals surface area (Å²) in [6.45, 7) is -0.419. The molecule has 11 nitrogen and oxygen atoms in total. The van der Waals surface area contributed by atoms with Crippen LogP contribution in [-0.2, 0) is 21.3 Å². The van der Waals surface area contributed by atoms with Crippen molar-refractivity contribution in [3.05, 3.63) is 58.1 Å². The lowest BCUT2D eigenvalue weighted by atomic mass is 9.99. The molecule has 2 aromatic carbocycles. The molecule has 1 saturated carbocycles. The number of nitrogens with one attached hydrogen (secondary N) is 2. The van der Waals surface area contributed by atoms with Gasteiger partial charge >= 0.3 is 6.09 Å². The summed E-state index contributed by atoms with van der Waals surface area (Å²) in [6, 6.07) is 6.57. The number of carbonyl (C=O) groups is 1. The van der Waals surface area contributed by atoms with Crippen molar-refractivity contribution in [2.75, 3.05) is 44.0 Å². The molecule has 0 unspecified atom stereocenters. The number of rotatable bonds is 14. The average molecular weight is 661 g/mol. The van der Waals surface area contributed by atoms with Crippen molar-refractivity contribution < 1.29 is 41.3 Å². The van der Waals surface area contributed by atoms with Crippen LogP contribution in [0.25, 0.3) is 0 Å². The average Bonchev–Trinajstić information content (AvgIpc) is 3.64. The zero-order valence-electron chi connectivity index (χ0n) is 23.5. The van der Waals surface area contributed by atoms with E-state index in [0.29, 0.717) is 29.1 Å². The van der Waals surface area contributed by atoms with Crippen molar-refractivity contribution in [2.24, 2.45) is 5.41 Å². The number of ether oxygens (including phenoxy) is 3. The zero-order chi connectivity index (χ0) is 31.4. The predicted octanol–water partition coefficient (Wildman–Crippen LogP) is 4.79. The fourth-order valence-corrected chi connectivity index (χ4v) is 7.03. The number of halogens is 3. The Kier molecular flexibility index (Phi) is 10.2. The smallest absolute Gasteiger partial charge is 0.407 e. The number of nitrogens with zero attached hydrogens (tertiary/aromatic N) is 2. The number of hydrogen-bond donors (Lipinski definition) is 3. The van der Waals surface area contributed by atoms with Gasteiger partial charge in [0.05, 0.1) is 44.2 Å². The Morgan fingerprint density at radius 3 is 2.56 bits per heavy atom. The Balaban J connectivity index is 1.63. The number of amides is 1. The Hall–Kier alpha value is -3.40. The van der Waals surface area contributed by atoms with Crippen molar-refractivity contribution in [3.8, 4) is 11.5 Å². The van der Waals surface area contributed by atoms with Gasteiger partial charge in [-0.2, -0.15) is 4.39 Å². The highest BCUT2D eigenvalue weighted by atomic mass is 35.5. The highest BCUT2D eigenvalue weighted by Gasteiger charge is 2.44. The topological polar surface area (TPSA) is 139 Å². The van der Waals surface area contributed by atoms with E-state index in [1.807, 2.05) is 0 Å². The van der Waals surface area contributed by atoms with Gasteiger partial charge in [-0.1, -0.05) is 22.9 Å². The summed E-state index contributed by atoms with van der Waals surface area (Å²) in [4.78, 5) is 15.0. The number of alkyl carbamates (subject to hydrolysis) is 1. The summed E-state index contributed by atoms with van der Waals surface area (Å²) in [6.07, 6.45) is 1.43. The summed E-state index contributed by atoms with van der Waals surface area (Å²) in [7, 11) is -0.423. The molecule has 1 amide bonds. The normalized spacial score (nSPS) is 14.5. The van der Waals surface area contributed by atoms with E-state index in [2.05, 4.69) is 15.6 Å². The molecule has 1 heterocycles. The summed E-state index contributed by atoms with van der Waals surface area (Å²) >= 11 is 6.89. The molecular formula is C27H31ClF2N4O7S2. The van der Waals surface area contributed by atoms with Gasteiger partial charge in [-0.05, 0) is 48.9 Å². The summed E-state index contributed by atoms with van der Waals surface area (Å²) in [5.74, 6) is -0.381. The first kappa shape index (κ1) is 32.5. The monoisotopic (exact) mass is 660 g/mol. The van der Waals surface area contributed by atoms with Gasteiger partial charge in [-0.25, -0.2) is 26.9 Å². The second-order valence-electron chi connectivity index (χ2n) is 9.92. The number of benzene rings is 2. The van der Waals surface area contributed by atoms with E-state index in [9.17, 15) is 22.7 Å². The minimum absolute atomic E-state index is 0.0161. The molecule has 0 spiro atoms. The molecule has 0 saturated heterocycles. The molecule has 43 heavy (non-hydrogen) atoms. The van der Waals surface area contributed by atoms with Crippen molar-refractivity contribution in [2.45, 2.75) is 36.8 Å². The Morgan fingerprint density at radius 1 is 1.23 bits per heavy atom. The van der Waals surface area contributed by atoms with Crippen LogP contribution in [0.15, 0.2) is 41.4 Å². The third kappa shape index (κ3) is 7.58. The van der Waals surface area contributed by atoms with E-state index >= 15 is 4.39 Å². The number of anilines is 2. The van der Waals surface area contributed by atoms with Crippen LogP contribution in [0, 0.1) is 16.4 Å². The first-order valence-corrected chi connectivity index (χ1v) is 15.7. The molecule has 16 heteroatoms. The SMILES string of the molecule is CNC(=O)O[C@H](CNc1cc(F)c(S(=O)(=O)N(Cc2ccc(OC)cc2OC)c2ncc(F)s2)cc1Cl)CC1(CO)CC1. The lowest BCUT2D eigenvalue weighted by Crippen LogP contribution is -2.33. The number of hydrogen-bond acceptors (Lipinski definition) is 10. The van der Waals surface area contributed by atoms with E-state index in [0.717, 1.165) is 35.5 Å². The van der Waals surface area contributed by atoms with Gasteiger partial charge in [-0.3, -0.25) is 0 Å². The molecule has 3 aromatic rings. The Bertz CT molecular complexity index is 1570. The lowest BCUT2D eigenvalue weighted by Gasteiger charge is -2.24. The third-order valence-electron chi connectivity index (χ3n) is 7.03. The number of sulfonamides is 1. The zero-order valence-corrected chi connectivity index (χ0v) is 25.9. The van der Waals surface area contributed by atoms with Gasteiger partial charge in [0.25, 0.3) is 10.0 Å². The van der Waals surface area contributed by atoms with Gasteiger partial charge < -0.3 is 30.0 Å². The first-order valence-electron chi connectivity index (χ1n) is 13.0. The molecular weight excluding hydrogens is 630 g/mol. The van der Waals surface area contributed by atoms with E-state index < -0.39 is 38.1 Å². The fourth-order valence-electron chi connectivity index (χ4n) is 4.41. The van der Waals surface area contributed by atoms with Crippen molar-refractivity contribution in [1.29, 1.82) is 0 Å². The number of aliphatic hydroxyl groups is 1. The minimum atomic E-state index is -4.68. The minimum Gasteiger partial charge on any atom is -0.497 e. The molecule has 0 aliphatic heterocycles. The van der Waals surface area contributed by atoms with Crippen molar-refractivity contribution in [3.63, 3.8) is 0 Å².